The Morgan fingerprint density at radius 3 is 2.48 bits per heavy atom. The Morgan fingerprint density at radius 1 is 1.19 bits per heavy atom. The Bertz CT molecular complexity index is 586. The van der Waals surface area contributed by atoms with Gasteiger partial charge in [-0.3, -0.25) is 0 Å². The van der Waals surface area contributed by atoms with E-state index in [0.717, 1.165) is 17.9 Å². The Balaban J connectivity index is 2.21. The molecule has 0 fully saturated rings. The third-order valence-corrected chi connectivity index (χ3v) is 3.62. The normalized spacial score (nSPS) is 12.2. The summed E-state index contributed by atoms with van der Waals surface area (Å²) in [6, 6.07) is 12.6. The van der Waals surface area contributed by atoms with E-state index < -0.39 is 0 Å². The van der Waals surface area contributed by atoms with E-state index in [9.17, 15) is 4.39 Å². The number of ether oxygens (including phenoxy) is 1. The summed E-state index contributed by atoms with van der Waals surface area (Å²) in [7, 11) is 1.64. The Kier molecular flexibility index (Phi) is 5.59. The molecular weight excluding hydrogens is 289 g/mol. The molecule has 2 nitrogen and oxygen atoms in total. The molecular formula is C17H19ClFNO. The predicted molar refractivity (Wildman–Crippen MR) is 84.5 cm³/mol. The molecule has 4 heteroatoms. The van der Waals surface area contributed by atoms with Crippen LogP contribution in [0.3, 0.4) is 0 Å². The predicted octanol–water partition coefficient (Wildman–Crippen LogP) is 4.38. The van der Waals surface area contributed by atoms with Gasteiger partial charge in [0.2, 0.25) is 0 Å². The van der Waals surface area contributed by atoms with Gasteiger partial charge in [-0.25, -0.2) is 4.39 Å². The van der Waals surface area contributed by atoms with Crippen LogP contribution in [0.15, 0.2) is 42.5 Å². The van der Waals surface area contributed by atoms with Gasteiger partial charge in [-0.1, -0.05) is 36.7 Å². The number of hydrogen-bond acceptors (Lipinski definition) is 2. The van der Waals surface area contributed by atoms with Crippen molar-refractivity contribution >= 4 is 11.6 Å². The van der Waals surface area contributed by atoms with Gasteiger partial charge in [0, 0.05) is 16.6 Å². The second kappa shape index (κ2) is 7.43. The number of likely N-dealkylation sites (N-methyl/N-ethyl adjacent to an activating group) is 1. The van der Waals surface area contributed by atoms with Crippen molar-refractivity contribution in [3.8, 4) is 5.75 Å². The summed E-state index contributed by atoms with van der Waals surface area (Å²) in [5.41, 5.74) is 1.76. The number of halogens is 2. The molecule has 0 heterocycles. The fourth-order valence-electron chi connectivity index (χ4n) is 2.32. The molecule has 0 saturated carbocycles. The number of benzene rings is 2. The van der Waals surface area contributed by atoms with Crippen LogP contribution in [0.4, 0.5) is 4.39 Å². The molecule has 1 N–H and O–H groups in total. The number of rotatable bonds is 6. The van der Waals surface area contributed by atoms with Crippen LogP contribution in [-0.2, 0) is 6.42 Å². The maximum atomic E-state index is 14.1. The summed E-state index contributed by atoms with van der Waals surface area (Å²) in [6.07, 6.45) is 0.705. The van der Waals surface area contributed by atoms with Gasteiger partial charge in [-0.15, -0.1) is 0 Å². The number of methoxy groups -OCH3 is 1. The second-order valence-corrected chi connectivity index (χ2v) is 5.26. The van der Waals surface area contributed by atoms with Crippen molar-refractivity contribution in [2.45, 2.75) is 19.4 Å². The molecule has 0 aliphatic carbocycles. The number of hydrogen-bond donors (Lipinski definition) is 1. The fraction of sp³-hybridized carbons (Fsp3) is 0.294. The van der Waals surface area contributed by atoms with E-state index in [-0.39, 0.29) is 11.9 Å². The highest BCUT2D eigenvalue weighted by Crippen LogP contribution is 2.24. The molecule has 0 bridgehead atoms. The average Bonchev–Trinajstić information content (AvgIpc) is 2.48. The van der Waals surface area contributed by atoms with Crippen LogP contribution in [0.25, 0.3) is 0 Å². The Morgan fingerprint density at radius 2 is 1.90 bits per heavy atom. The van der Waals surface area contributed by atoms with Crippen molar-refractivity contribution in [3.05, 3.63) is 64.4 Å². The smallest absolute Gasteiger partial charge is 0.129 e. The molecule has 0 spiro atoms. The average molecular weight is 308 g/mol. The van der Waals surface area contributed by atoms with Crippen molar-refractivity contribution in [3.63, 3.8) is 0 Å². The minimum Gasteiger partial charge on any atom is -0.497 e. The van der Waals surface area contributed by atoms with Crippen LogP contribution in [0, 0.1) is 5.82 Å². The van der Waals surface area contributed by atoms with E-state index in [2.05, 4.69) is 5.32 Å². The molecule has 0 saturated heterocycles. The van der Waals surface area contributed by atoms with Crippen molar-refractivity contribution in [2.24, 2.45) is 0 Å². The molecule has 0 aliphatic rings. The highest BCUT2D eigenvalue weighted by atomic mass is 35.5. The molecule has 0 aromatic heterocycles. The summed E-state index contributed by atoms with van der Waals surface area (Å²) < 4.78 is 19.2. The summed E-state index contributed by atoms with van der Waals surface area (Å²) in [6.45, 7) is 2.78. The molecule has 2 rings (SSSR count). The quantitative estimate of drug-likeness (QED) is 0.855. The van der Waals surface area contributed by atoms with Crippen LogP contribution in [0.1, 0.15) is 24.1 Å². The third kappa shape index (κ3) is 4.19. The van der Waals surface area contributed by atoms with E-state index in [1.165, 1.54) is 6.07 Å². The molecule has 0 amide bonds. The second-order valence-electron chi connectivity index (χ2n) is 4.83. The third-order valence-electron chi connectivity index (χ3n) is 3.39. The fourth-order valence-corrected chi connectivity index (χ4v) is 2.48. The maximum absolute atomic E-state index is 14.1. The van der Waals surface area contributed by atoms with E-state index >= 15 is 0 Å². The Hall–Kier alpha value is -1.58. The van der Waals surface area contributed by atoms with Crippen molar-refractivity contribution < 1.29 is 9.13 Å². The zero-order valence-electron chi connectivity index (χ0n) is 12.2. The lowest BCUT2D eigenvalue weighted by Crippen LogP contribution is -2.24. The zero-order chi connectivity index (χ0) is 15.2. The van der Waals surface area contributed by atoms with Gasteiger partial charge >= 0.3 is 0 Å². The maximum Gasteiger partial charge on any atom is 0.129 e. The summed E-state index contributed by atoms with van der Waals surface area (Å²) in [4.78, 5) is 0. The molecule has 1 unspecified atom stereocenters. The molecule has 0 aliphatic heterocycles. The molecule has 112 valence electrons. The lowest BCUT2D eigenvalue weighted by molar-refractivity contribution is 0.414. The first-order chi connectivity index (χ1) is 10.1. The largest absolute Gasteiger partial charge is 0.497 e. The summed E-state index contributed by atoms with van der Waals surface area (Å²) in [5, 5.41) is 3.73. The summed E-state index contributed by atoms with van der Waals surface area (Å²) >= 11 is 5.82. The van der Waals surface area contributed by atoms with Gasteiger partial charge in [0.15, 0.2) is 0 Å². The lowest BCUT2D eigenvalue weighted by atomic mass is 9.98. The monoisotopic (exact) mass is 307 g/mol. The van der Waals surface area contributed by atoms with Gasteiger partial charge < -0.3 is 10.1 Å². The van der Waals surface area contributed by atoms with Crippen LogP contribution < -0.4 is 10.1 Å². The van der Waals surface area contributed by atoms with Crippen LogP contribution in [0.2, 0.25) is 5.02 Å². The molecule has 2 aromatic carbocycles. The zero-order valence-corrected chi connectivity index (χ0v) is 13.0. The van der Waals surface area contributed by atoms with Crippen LogP contribution in [0.5, 0.6) is 5.75 Å². The molecule has 21 heavy (non-hydrogen) atoms. The van der Waals surface area contributed by atoms with Gasteiger partial charge in [0.05, 0.1) is 7.11 Å². The highest BCUT2D eigenvalue weighted by molar-refractivity contribution is 6.30. The minimum atomic E-state index is -0.276. The van der Waals surface area contributed by atoms with Gasteiger partial charge in [0.25, 0.3) is 0 Å². The first kappa shape index (κ1) is 15.8. The summed E-state index contributed by atoms with van der Waals surface area (Å²) in [5.74, 6) is 0.540. The molecule has 1 atom stereocenters. The number of nitrogens with one attached hydrogen (secondary N) is 1. The topological polar surface area (TPSA) is 21.3 Å². The molecule has 2 aromatic rings. The van der Waals surface area contributed by atoms with Crippen molar-refractivity contribution in [1.29, 1.82) is 0 Å². The highest BCUT2D eigenvalue weighted by Gasteiger charge is 2.15. The van der Waals surface area contributed by atoms with Crippen LogP contribution >= 0.6 is 11.6 Å². The standard InChI is InChI=1S/C17H19ClFNO/c1-3-20-17(15-9-6-13(18)11-16(15)19)10-12-4-7-14(21-2)8-5-12/h4-9,11,17,20H,3,10H2,1-2H3. The van der Waals surface area contributed by atoms with E-state index in [1.54, 1.807) is 19.2 Å². The lowest BCUT2D eigenvalue weighted by Gasteiger charge is -2.19. The van der Waals surface area contributed by atoms with Gasteiger partial charge in [-0.2, -0.15) is 0 Å². The van der Waals surface area contributed by atoms with Crippen molar-refractivity contribution in [2.75, 3.05) is 13.7 Å². The Labute approximate surface area is 129 Å². The first-order valence-corrected chi connectivity index (χ1v) is 7.33. The van der Waals surface area contributed by atoms with E-state index in [1.807, 2.05) is 31.2 Å². The van der Waals surface area contributed by atoms with E-state index in [4.69, 9.17) is 16.3 Å². The van der Waals surface area contributed by atoms with Crippen molar-refractivity contribution in [1.82, 2.24) is 5.32 Å². The van der Waals surface area contributed by atoms with Gasteiger partial charge in [0.1, 0.15) is 11.6 Å². The van der Waals surface area contributed by atoms with Gasteiger partial charge in [-0.05, 0) is 42.8 Å². The van der Waals surface area contributed by atoms with E-state index in [0.29, 0.717) is 17.0 Å². The van der Waals surface area contributed by atoms with Crippen LogP contribution in [-0.4, -0.2) is 13.7 Å². The first-order valence-electron chi connectivity index (χ1n) is 6.95. The minimum absolute atomic E-state index is 0.0827. The SMILES string of the molecule is CCNC(Cc1ccc(OC)cc1)c1ccc(Cl)cc1F. The molecule has 0 radical (unpaired) electrons.